The zero-order chi connectivity index (χ0) is 14.6. The van der Waals surface area contributed by atoms with Crippen LogP contribution >= 0.6 is 22.9 Å². The van der Waals surface area contributed by atoms with Gasteiger partial charge in [0.25, 0.3) is 0 Å². The Morgan fingerprint density at radius 3 is 3.00 bits per heavy atom. The topological polar surface area (TPSA) is 49.8 Å². The molecule has 0 saturated carbocycles. The summed E-state index contributed by atoms with van der Waals surface area (Å²) in [5.41, 5.74) is -0.671. The Labute approximate surface area is 128 Å². The fourth-order valence-corrected chi connectivity index (χ4v) is 3.93. The number of aliphatic carboxylic acids is 1. The molecule has 2 heterocycles. The number of carbonyl (C=O) groups is 1. The fraction of sp³-hybridized carbons (Fsp3) is 0.643. The Morgan fingerprint density at radius 1 is 1.60 bits per heavy atom. The van der Waals surface area contributed by atoms with E-state index >= 15 is 0 Å². The van der Waals surface area contributed by atoms with Gasteiger partial charge < -0.3 is 9.84 Å². The molecule has 1 aliphatic rings. The largest absolute Gasteiger partial charge is 0.481 e. The molecule has 1 fully saturated rings. The quantitative estimate of drug-likeness (QED) is 0.876. The number of halogens is 1. The second-order valence-corrected chi connectivity index (χ2v) is 7.15. The van der Waals surface area contributed by atoms with Crippen molar-refractivity contribution in [1.29, 1.82) is 0 Å². The molecule has 0 amide bonds. The minimum Gasteiger partial charge on any atom is -0.481 e. The van der Waals surface area contributed by atoms with Gasteiger partial charge in [-0.05, 0) is 37.9 Å². The number of thiophene rings is 1. The molecule has 4 nitrogen and oxygen atoms in total. The van der Waals surface area contributed by atoms with Crippen LogP contribution in [0.15, 0.2) is 12.1 Å². The van der Waals surface area contributed by atoms with Gasteiger partial charge in [0.2, 0.25) is 0 Å². The predicted octanol–water partition coefficient (Wildman–Crippen LogP) is 3.10. The first-order chi connectivity index (χ1) is 9.55. The van der Waals surface area contributed by atoms with E-state index < -0.39 is 11.4 Å². The van der Waals surface area contributed by atoms with Gasteiger partial charge in [-0.15, -0.1) is 11.3 Å². The van der Waals surface area contributed by atoms with Crippen molar-refractivity contribution in [2.75, 3.05) is 26.8 Å². The molecule has 0 unspecified atom stereocenters. The minimum absolute atomic E-state index is 0.491. The van der Waals surface area contributed by atoms with Gasteiger partial charge in [0, 0.05) is 31.7 Å². The van der Waals surface area contributed by atoms with Crippen molar-refractivity contribution in [3.05, 3.63) is 21.3 Å². The lowest BCUT2D eigenvalue weighted by molar-refractivity contribution is -0.154. The Hall–Kier alpha value is -0.620. The monoisotopic (exact) mass is 317 g/mol. The van der Waals surface area contributed by atoms with Gasteiger partial charge in [-0.2, -0.15) is 0 Å². The summed E-state index contributed by atoms with van der Waals surface area (Å²) in [6.07, 6.45) is 2.21. The molecule has 0 aliphatic carbocycles. The highest BCUT2D eigenvalue weighted by Crippen LogP contribution is 2.35. The molecule has 0 spiro atoms. The summed E-state index contributed by atoms with van der Waals surface area (Å²) in [4.78, 5) is 15.1. The number of hydrogen-bond acceptors (Lipinski definition) is 4. The van der Waals surface area contributed by atoms with E-state index in [1.165, 1.54) is 4.88 Å². The molecule has 1 aliphatic heterocycles. The molecular formula is C14H20ClNO3S. The number of hydrogen-bond donors (Lipinski definition) is 1. The predicted molar refractivity (Wildman–Crippen MR) is 80.4 cm³/mol. The van der Waals surface area contributed by atoms with E-state index in [0.717, 1.165) is 30.3 Å². The number of carboxylic acids is 1. The molecule has 0 bridgehead atoms. The third-order valence-corrected chi connectivity index (χ3v) is 5.12. The van der Waals surface area contributed by atoms with Crippen molar-refractivity contribution in [3.8, 4) is 0 Å². The molecule has 1 N–H and O–H groups in total. The average Bonchev–Trinajstić information content (AvgIpc) is 2.82. The average molecular weight is 318 g/mol. The van der Waals surface area contributed by atoms with Gasteiger partial charge in [-0.1, -0.05) is 11.6 Å². The zero-order valence-corrected chi connectivity index (χ0v) is 13.2. The first-order valence-electron chi connectivity index (χ1n) is 6.75. The van der Waals surface area contributed by atoms with E-state index in [9.17, 15) is 9.90 Å². The molecule has 112 valence electrons. The maximum absolute atomic E-state index is 11.7. The van der Waals surface area contributed by atoms with Gasteiger partial charge in [0.05, 0.1) is 9.75 Å². The number of likely N-dealkylation sites (tertiary alicyclic amines) is 1. The van der Waals surface area contributed by atoms with Crippen LogP contribution in [0.25, 0.3) is 0 Å². The smallest absolute Gasteiger partial charge is 0.311 e. The van der Waals surface area contributed by atoms with E-state index in [-0.39, 0.29) is 0 Å². The summed E-state index contributed by atoms with van der Waals surface area (Å²) in [5.74, 6) is -0.705. The van der Waals surface area contributed by atoms with Crippen LogP contribution in [0.5, 0.6) is 0 Å². The molecule has 1 aromatic rings. The van der Waals surface area contributed by atoms with Gasteiger partial charge in [0.15, 0.2) is 0 Å². The van der Waals surface area contributed by atoms with Crippen molar-refractivity contribution >= 4 is 28.9 Å². The molecule has 6 heteroatoms. The van der Waals surface area contributed by atoms with Gasteiger partial charge in [0.1, 0.15) is 0 Å². The molecular weight excluding hydrogens is 298 g/mol. The third kappa shape index (κ3) is 3.73. The maximum Gasteiger partial charge on any atom is 0.311 e. The highest BCUT2D eigenvalue weighted by molar-refractivity contribution is 7.16. The van der Waals surface area contributed by atoms with E-state index in [1.807, 2.05) is 12.1 Å². The van der Waals surface area contributed by atoms with Crippen LogP contribution in [0.1, 0.15) is 24.1 Å². The maximum atomic E-state index is 11.7. The third-order valence-electron chi connectivity index (χ3n) is 3.90. The normalized spacial score (nSPS) is 23.9. The fourth-order valence-electron chi connectivity index (χ4n) is 2.80. The lowest BCUT2D eigenvalue weighted by atomic mass is 9.77. The van der Waals surface area contributed by atoms with Crippen molar-refractivity contribution < 1.29 is 14.6 Å². The minimum atomic E-state index is -0.705. The lowest BCUT2D eigenvalue weighted by Crippen LogP contribution is -2.48. The second kappa shape index (κ2) is 6.89. The van der Waals surface area contributed by atoms with Gasteiger partial charge in [-0.25, -0.2) is 0 Å². The van der Waals surface area contributed by atoms with Crippen LogP contribution in [-0.2, 0) is 16.1 Å². The number of piperidine rings is 1. The van der Waals surface area contributed by atoms with Crippen LogP contribution in [-0.4, -0.2) is 42.8 Å². The molecule has 1 atom stereocenters. The Balaban J connectivity index is 2.03. The zero-order valence-electron chi connectivity index (χ0n) is 11.6. The summed E-state index contributed by atoms with van der Waals surface area (Å²) in [7, 11) is 1.61. The van der Waals surface area contributed by atoms with Gasteiger partial charge >= 0.3 is 5.97 Å². The standard InChI is InChI=1S/C14H20ClNO3S/c1-19-8-6-14(13(17)18)5-2-7-16(10-14)9-11-3-4-12(15)20-11/h3-4H,2,5-10H2,1H3,(H,17,18)/t14-/m0/s1. The number of ether oxygens (including phenoxy) is 1. The van der Waals surface area contributed by atoms with E-state index in [1.54, 1.807) is 18.4 Å². The van der Waals surface area contributed by atoms with Crippen molar-refractivity contribution in [2.45, 2.75) is 25.8 Å². The van der Waals surface area contributed by atoms with Crippen LogP contribution in [0.3, 0.4) is 0 Å². The number of rotatable bonds is 6. The van der Waals surface area contributed by atoms with Crippen molar-refractivity contribution in [2.24, 2.45) is 5.41 Å². The summed E-state index contributed by atoms with van der Waals surface area (Å²) < 4.78 is 5.86. The number of methoxy groups -OCH3 is 1. The number of nitrogens with zero attached hydrogens (tertiary/aromatic N) is 1. The summed E-state index contributed by atoms with van der Waals surface area (Å²) in [6.45, 7) is 2.79. The second-order valence-electron chi connectivity index (χ2n) is 5.35. The van der Waals surface area contributed by atoms with Gasteiger partial charge in [-0.3, -0.25) is 9.69 Å². The Morgan fingerprint density at radius 2 is 2.40 bits per heavy atom. The summed E-state index contributed by atoms with van der Waals surface area (Å²) >= 11 is 7.50. The molecule has 1 saturated heterocycles. The molecule has 2 rings (SSSR count). The first kappa shape index (κ1) is 15.8. The molecule has 0 aromatic carbocycles. The Bertz CT molecular complexity index is 465. The molecule has 20 heavy (non-hydrogen) atoms. The van der Waals surface area contributed by atoms with E-state index in [2.05, 4.69) is 4.90 Å². The van der Waals surface area contributed by atoms with Crippen LogP contribution in [0.2, 0.25) is 4.34 Å². The first-order valence-corrected chi connectivity index (χ1v) is 7.94. The highest BCUT2D eigenvalue weighted by Gasteiger charge is 2.41. The molecule has 1 aromatic heterocycles. The highest BCUT2D eigenvalue weighted by atomic mass is 35.5. The van der Waals surface area contributed by atoms with E-state index in [0.29, 0.717) is 19.6 Å². The van der Waals surface area contributed by atoms with E-state index in [4.69, 9.17) is 16.3 Å². The van der Waals surface area contributed by atoms with Crippen LogP contribution in [0, 0.1) is 5.41 Å². The molecule has 0 radical (unpaired) electrons. The SMILES string of the molecule is COCC[C@@]1(C(=O)O)CCCN(Cc2ccc(Cl)s2)C1. The van der Waals surface area contributed by atoms with Crippen LogP contribution in [0.4, 0.5) is 0 Å². The summed E-state index contributed by atoms with van der Waals surface area (Å²) in [5, 5.41) is 9.60. The van der Waals surface area contributed by atoms with Crippen molar-refractivity contribution in [1.82, 2.24) is 4.90 Å². The Kier molecular flexibility index (Phi) is 5.43. The summed E-state index contributed by atoms with van der Waals surface area (Å²) in [6, 6.07) is 3.90. The van der Waals surface area contributed by atoms with Crippen molar-refractivity contribution in [3.63, 3.8) is 0 Å². The van der Waals surface area contributed by atoms with Crippen LogP contribution < -0.4 is 0 Å². The lowest BCUT2D eigenvalue weighted by Gasteiger charge is -2.39. The number of carboxylic acid groups (broad SMARTS) is 1.